The first-order valence-electron chi connectivity index (χ1n) is 4.48. The fraction of sp³-hybridized carbons (Fsp3) is 0.444. The summed E-state index contributed by atoms with van der Waals surface area (Å²) in [5, 5.41) is 11.9. The Balaban J connectivity index is 2.19. The SMILES string of the molecule is CC1CC1Nc1ncncc1C(=O)O. The molecule has 1 aromatic heterocycles. The molecular formula is C9H11N3O2. The van der Waals surface area contributed by atoms with E-state index in [0.717, 1.165) is 6.42 Å². The number of carboxylic acids is 1. The van der Waals surface area contributed by atoms with Gasteiger partial charge in [0.25, 0.3) is 0 Å². The summed E-state index contributed by atoms with van der Waals surface area (Å²) in [5.74, 6) is 0.0230. The van der Waals surface area contributed by atoms with E-state index in [0.29, 0.717) is 17.8 Å². The summed E-state index contributed by atoms with van der Waals surface area (Å²) in [5.41, 5.74) is 0.131. The predicted octanol–water partition coefficient (Wildman–Crippen LogP) is 0.995. The molecule has 2 rings (SSSR count). The van der Waals surface area contributed by atoms with E-state index in [1.807, 2.05) is 0 Å². The molecule has 0 spiro atoms. The first-order valence-corrected chi connectivity index (χ1v) is 4.48. The summed E-state index contributed by atoms with van der Waals surface area (Å²) in [7, 11) is 0. The van der Waals surface area contributed by atoms with Crippen LogP contribution in [0.15, 0.2) is 12.5 Å². The van der Waals surface area contributed by atoms with E-state index >= 15 is 0 Å². The Hall–Kier alpha value is -1.65. The molecular weight excluding hydrogens is 182 g/mol. The highest BCUT2D eigenvalue weighted by atomic mass is 16.4. The van der Waals surface area contributed by atoms with Gasteiger partial charge in [-0.25, -0.2) is 14.8 Å². The topological polar surface area (TPSA) is 75.1 Å². The molecule has 2 unspecified atom stereocenters. The lowest BCUT2D eigenvalue weighted by molar-refractivity contribution is 0.0697. The number of nitrogens with zero attached hydrogens (tertiary/aromatic N) is 2. The van der Waals surface area contributed by atoms with E-state index in [9.17, 15) is 4.79 Å². The average Bonchev–Trinajstić information content (AvgIpc) is 2.82. The number of aromatic nitrogens is 2. The lowest BCUT2D eigenvalue weighted by Crippen LogP contribution is -2.11. The van der Waals surface area contributed by atoms with Gasteiger partial charge in [-0.2, -0.15) is 0 Å². The maximum atomic E-state index is 10.8. The van der Waals surface area contributed by atoms with Crippen LogP contribution >= 0.6 is 0 Å². The van der Waals surface area contributed by atoms with Crippen molar-refractivity contribution in [3.05, 3.63) is 18.1 Å². The Bertz CT molecular complexity index is 367. The summed E-state index contributed by atoms with van der Waals surface area (Å²) in [4.78, 5) is 18.4. The standard InChI is InChI=1S/C9H11N3O2/c1-5-2-7(5)12-8-6(9(13)14)3-10-4-11-8/h3-5,7H,2H2,1H3,(H,13,14)(H,10,11,12). The number of hydrogen-bond acceptors (Lipinski definition) is 4. The fourth-order valence-corrected chi connectivity index (χ4v) is 1.30. The van der Waals surface area contributed by atoms with Crippen LogP contribution in [0, 0.1) is 5.92 Å². The van der Waals surface area contributed by atoms with Crippen molar-refractivity contribution in [2.45, 2.75) is 19.4 Å². The van der Waals surface area contributed by atoms with Crippen LogP contribution in [0.2, 0.25) is 0 Å². The number of carboxylic acid groups (broad SMARTS) is 1. The molecule has 5 heteroatoms. The van der Waals surface area contributed by atoms with Gasteiger partial charge in [-0.3, -0.25) is 0 Å². The molecule has 5 nitrogen and oxygen atoms in total. The number of carbonyl (C=O) groups is 1. The molecule has 1 aliphatic rings. The van der Waals surface area contributed by atoms with E-state index in [4.69, 9.17) is 5.11 Å². The Kier molecular flexibility index (Phi) is 2.07. The molecule has 0 aromatic carbocycles. The molecule has 1 fully saturated rings. The molecule has 0 amide bonds. The van der Waals surface area contributed by atoms with Crippen molar-refractivity contribution in [2.75, 3.05) is 5.32 Å². The van der Waals surface area contributed by atoms with Crippen molar-refractivity contribution < 1.29 is 9.90 Å². The molecule has 1 aromatic rings. The van der Waals surface area contributed by atoms with Crippen molar-refractivity contribution >= 4 is 11.8 Å². The Morgan fingerprint density at radius 3 is 3.00 bits per heavy atom. The summed E-state index contributed by atoms with van der Waals surface area (Å²) in [6.07, 6.45) is 3.73. The van der Waals surface area contributed by atoms with Crippen molar-refractivity contribution in [3.8, 4) is 0 Å². The van der Waals surface area contributed by atoms with E-state index in [-0.39, 0.29) is 5.56 Å². The first kappa shape index (κ1) is 8.93. The summed E-state index contributed by atoms with van der Waals surface area (Å²) >= 11 is 0. The molecule has 1 aliphatic carbocycles. The summed E-state index contributed by atoms with van der Waals surface area (Å²) < 4.78 is 0. The minimum absolute atomic E-state index is 0.131. The van der Waals surface area contributed by atoms with E-state index in [2.05, 4.69) is 22.2 Å². The maximum Gasteiger partial charge on any atom is 0.341 e. The van der Waals surface area contributed by atoms with Crippen molar-refractivity contribution in [1.82, 2.24) is 9.97 Å². The first-order chi connectivity index (χ1) is 6.68. The highest BCUT2D eigenvalue weighted by molar-refractivity contribution is 5.92. The van der Waals surface area contributed by atoms with E-state index in [1.165, 1.54) is 12.5 Å². The van der Waals surface area contributed by atoms with Gasteiger partial charge in [0.15, 0.2) is 0 Å². The van der Waals surface area contributed by atoms with Gasteiger partial charge in [0.2, 0.25) is 0 Å². The third-order valence-corrected chi connectivity index (χ3v) is 2.37. The molecule has 2 N–H and O–H groups in total. The highest BCUT2D eigenvalue weighted by Gasteiger charge is 2.33. The average molecular weight is 193 g/mol. The normalized spacial score (nSPS) is 24.4. The smallest absolute Gasteiger partial charge is 0.341 e. The van der Waals surface area contributed by atoms with Crippen LogP contribution in [0.25, 0.3) is 0 Å². The van der Waals surface area contributed by atoms with Gasteiger partial charge in [-0.1, -0.05) is 6.92 Å². The molecule has 0 bridgehead atoms. The number of anilines is 1. The maximum absolute atomic E-state index is 10.8. The van der Waals surface area contributed by atoms with E-state index in [1.54, 1.807) is 0 Å². The van der Waals surface area contributed by atoms with E-state index < -0.39 is 5.97 Å². The third-order valence-electron chi connectivity index (χ3n) is 2.37. The van der Waals surface area contributed by atoms with Crippen LogP contribution in [0.4, 0.5) is 5.82 Å². The molecule has 1 saturated carbocycles. The second-order valence-corrected chi connectivity index (χ2v) is 3.55. The molecule has 74 valence electrons. The number of aromatic carboxylic acids is 1. The van der Waals surface area contributed by atoms with Gasteiger partial charge in [-0.15, -0.1) is 0 Å². The molecule has 0 aliphatic heterocycles. The van der Waals surface area contributed by atoms with Crippen molar-refractivity contribution in [3.63, 3.8) is 0 Å². The zero-order valence-electron chi connectivity index (χ0n) is 7.77. The van der Waals surface area contributed by atoms with Crippen molar-refractivity contribution in [1.29, 1.82) is 0 Å². The molecule has 0 saturated heterocycles. The van der Waals surface area contributed by atoms with Crippen LogP contribution in [0.1, 0.15) is 23.7 Å². The lowest BCUT2D eigenvalue weighted by atomic mass is 10.3. The van der Waals surface area contributed by atoms with Crippen LogP contribution in [-0.4, -0.2) is 27.1 Å². The van der Waals surface area contributed by atoms with Gasteiger partial charge in [-0.05, 0) is 12.3 Å². The van der Waals surface area contributed by atoms with Gasteiger partial charge >= 0.3 is 5.97 Å². The second kappa shape index (κ2) is 3.25. The minimum Gasteiger partial charge on any atom is -0.477 e. The quantitative estimate of drug-likeness (QED) is 0.748. The van der Waals surface area contributed by atoms with Gasteiger partial charge < -0.3 is 10.4 Å². The molecule has 1 heterocycles. The van der Waals surface area contributed by atoms with Gasteiger partial charge in [0, 0.05) is 12.2 Å². The minimum atomic E-state index is -0.999. The predicted molar refractivity (Wildman–Crippen MR) is 50.2 cm³/mol. The molecule has 0 radical (unpaired) electrons. The van der Waals surface area contributed by atoms with Gasteiger partial charge in [0.05, 0.1) is 0 Å². The zero-order valence-corrected chi connectivity index (χ0v) is 7.77. The Morgan fingerprint density at radius 2 is 2.43 bits per heavy atom. The Labute approximate surface area is 81.2 Å². The highest BCUT2D eigenvalue weighted by Crippen LogP contribution is 2.32. The van der Waals surface area contributed by atoms with Crippen molar-refractivity contribution in [2.24, 2.45) is 5.92 Å². The number of hydrogen-bond donors (Lipinski definition) is 2. The van der Waals surface area contributed by atoms with Crippen LogP contribution < -0.4 is 5.32 Å². The lowest BCUT2D eigenvalue weighted by Gasteiger charge is -2.05. The fourth-order valence-electron chi connectivity index (χ4n) is 1.30. The summed E-state index contributed by atoms with van der Waals surface area (Å²) in [6.45, 7) is 2.11. The second-order valence-electron chi connectivity index (χ2n) is 3.55. The van der Waals surface area contributed by atoms with Crippen LogP contribution in [0.3, 0.4) is 0 Å². The van der Waals surface area contributed by atoms with Crippen LogP contribution in [-0.2, 0) is 0 Å². The summed E-state index contributed by atoms with van der Waals surface area (Å²) in [6, 6.07) is 0.364. The largest absolute Gasteiger partial charge is 0.477 e. The number of nitrogens with one attached hydrogen (secondary N) is 1. The molecule has 2 atom stereocenters. The zero-order chi connectivity index (χ0) is 10.1. The molecule has 14 heavy (non-hydrogen) atoms. The monoisotopic (exact) mass is 193 g/mol. The third kappa shape index (κ3) is 1.66. The number of rotatable bonds is 3. The van der Waals surface area contributed by atoms with Gasteiger partial charge in [0.1, 0.15) is 17.7 Å². The Morgan fingerprint density at radius 1 is 1.71 bits per heavy atom. The van der Waals surface area contributed by atoms with Crippen LogP contribution in [0.5, 0.6) is 0 Å².